The summed E-state index contributed by atoms with van der Waals surface area (Å²) >= 11 is 8.97. The lowest BCUT2D eigenvalue weighted by Gasteiger charge is -2.29. The zero-order valence-corrected chi connectivity index (χ0v) is 13.8. The van der Waals surface area contributed by atoms with E-state index in [0.29, 0.717) is 19.3 Å². The van der Waals surface area contributed by atoms with Crippen LogP contribution in [0, 0.1) is 5.92 Å². The van der Waals surface area contributed by atoms with Crippen molar-refractivity contribution < 1.29 is 18.3 Å². The number of rotatable bonds is 2. The molecular weight excluding hydrogens is 432 g/mol. The average molecular weight is 443 g/mol. The van der Waals surface area contributed by atoms with Crippen molar-refractivity contribution >= 4 is 63.6 Å². The third-order valence-corrected chi connectivity index (χ3v) is 8.75. The number of aliphatic carboxylic acids is 1. The van der Waals surface area contributed by atoms with Gasteiger partial charge in [-0.05, 0) is 67.1 Å². The molecular formula is C8H11Br3O4S. The topological polar surface area (TPSA) is 71.4 Å². The third-order valence-electron chi connectivity index (χ3n) is 2.74. The fraction of sp³-hybridized carbons (Fsp3) is 0.875. The lowest BCUT2D eigenvalue weighted by Crippen LogP contribution is -2.36. The van der Waals surface area contributed by atoms with Gasteiger partial charge in [-0.2, -0.15) is 0 Å². The summed E-state index contributed by atoms with van der Waals surface area (Å²) in [5, 5.41) is 8.27. The van der Waals surface area contributed by atoms with Crippen molar-refractivity contribution in [2.45, 2.75) is 32.4 Å². The van der Waals surface area contributed by atoms with Crippen LogP contribution in [0.5, 0.6) is 0 Å². The van der Waals surface area contributed by atoms with Crippen LogP contribution in [0.1, 0.15) is 25.7 Å². The van der Waals surface area contributed by atoms with Crippen molar-refractivity contribution in [3.8, 4) is 0 Å². The van der Waals surface area contributed by atoms with E-state index in [0.717, 1.165) is 0 Å². The number of hydrogen-bond donors (Lipinski definition) is 1. The summed E-state index contributed by atoms with van der Waals surface area (Å²) in [4.78, 5) is 10.8. The molecule has 1 saturated carbocycles. The Kier molecular flexibility index (Phi) is 4.88. The second-order valence-electron chi connectivity index (χ2n) is 3.81. The molecule has 0 aromatic heterocycles. The molecule has 0 aromatic rings. The van der Waals surface area contributed by atoms with Gasteiger partial charge in [0.25, 0.3) is 0 Å². The van der Waals surface area contributed by atoms with Crippen LogP contribution in [0.25, 0.3) is 0 Å². The van der Waals surface area contributed by atoms with Crippen molar-refractivity contribution in [1.29, 1.82) is 0 Å². The predicted molar refractivity (Wildman–Crippen MR) is 71.8 cm³/mol. The summed E-state index contributed by atoms with van der Waals surface area (Å²) in [6.45, 7) is 0. The lowest BCUT2D eigenvalue weighted by molar-refractivity contribution is -0.142. The first-order valence-electron chi connectivity index (χ1n) is 4.69. The number of carbonyl (C=O) groups is 1. The van der Waals surface area contributed by atoms with Gasteiger partial charge in [-0.25, -0.2) is 8.42 Å². The number of hydrogen-bond acceptors (Lipinski definition) is 3. The normalized spacial score (nSPS) is 27.7. The first-order valence-corrected chi connectivity index (χ1v) is 8.61. The van der Waals surface area contributed by atoms with Gasteiger partial charge in [0.05, 0.1) is 11.2 Å². The predicted octanol–water partition coefficient (Wildman–Crippen LogP) is 2.84. The third kappa shape index (κ3) is 3.20. The smallest absolute Gasteiger partial charge is 0.306 e. The Morgan fingerprint density at radius 2 is 1.81 bits per heavy atom. The molecule has 0 bridgehead atoms. The Morgan fingerprint density at radius 3 is 2.25 bits per heavy atom. The summed E-state index contributed by atoms with van der Waals surface area (Å²) < 4.78 is 22.7. The molecule has 0 radical (unpaired) electrons. The highest BCUT2D eigenvalue weighted by molar-refractivity contribution is 9.42. The van der Waals surface area contributed by atoms with Crippen LogP contribution >= 0.6 is 47.8 Å². The number of alkyl halides is 3. The minimum Gasteiger partial charge on any atom is -0.481 e. The molecule has 2 atom stereocenters. The van der Waals surface area contributed by atoms with Crippen molar-refractivity contribution in [1.82, 2.24) is 0 Å². The van der Waals surface area contributed by atoms with Crippen molar-refractivity contribution in [3.05, 3.63) is 0 Å². The van der Waals surface area contributed by atoms with Gasteiger partial charge in [-0.3, -0.25) is 4.79 Å². The Bertz CT molecular complexity index is 373. The summed E-state index contributed by atoms with van der Waals surface area (Å²) in [5.74, 6) is -1.47. The van der Waals surface area contributed by atoms with Gasteiger partial charge in [-0.15, -0.1) is 0 Å². The van der Waals surface area contributed by atoms with Gasteiger partial charge in [0.2, 0.25) is 1.47 Å². The van der Waals surface area contributed by atoms with Crippen LogP contribution in [0.4, 0.5) is 0 Å². The highest BCUT2D eigenvalue weighted by Gasteiger charge is 2.44. The van der Waals surface area contributed by atoms with Crippen molar-refractivity contribution in [3.63, 3.8) is 0 Å². The molecule has 1 rings (SSSR count). The van der Waals surface area contributed by atoms with Crippen LogP contribution in [-0.2, 0) is 14.6 Å². The molecule has 0 heterocycles. The molecule has 94 valence electrons. The van der Waals surface area contributed by atoms with E-state index in [1.807, 2.05) is 0 Å². The molecule has 1 N–H and O–H groups in total. The molecule has 1 fully saturated rings. The molecule has 0 aromatic carbocycles. The van der Waals surface area contributed by atoms with E-state index >= 15 is 0 Å². The van der Waals surface area contributed by atoms with Crippen LogP contribution < -0.4 is 0 Å². The molecule has 0 saturated heterocycles. The summed E-state index contributed by atoms with van der Waals surface area (Å²) in [6.07, 6.45) is 1.88. The Morgan fingerprint density at radius 1 is 1.25 bits per heavy atom. The summed E-state index contributed by atoms with van der Waals surface area (Å²) in [5.41, 5.74) is 0. The zero-order valence-electron chi connectivity index (χ0n) is 8.20. The maximum absolute atomic E-state index is 12.0. The standard InChI is InChI=1S/C8H11Br3O4S/c9-8(10,11)16(14,15)6-3-1-2-5(4-6)7(12)13/h5-6H,1-4H2,(H,12,13). The van der Waals surface area contributed by atoms with E-state index in [9.17, 15) is 13.2 Å². The monoisotopic (exact) mass is 440 g/mol. The quantitative estimate of drug-likeness (QED) is 0.667. The minimum absolute atomic E-state index is 0.183. The summed E-state index contributed by atoms with van der Waals surface area (Å²) in [7, 11) is -3.48. The molecule has 0 spiro atoms. The molecule has 8 heteroatoms. The maximum Gasteiger partial charge on any atom is 0.306 e. The van der Waals surface area contributed by atoms with Crippen LogP contribution in [0.3, 0.4) is 0 Å². The molecule has 1 aliphatic carbocycles. The van der Waals surface area contributed by atoms with Crippen LogP contribution in [-0.4, -0.2) is 26.2 Å². The highest BCUT2D eigenvalue weighted by Crippen LogP contribution is 2.45. The number of carboxylic acids is 1. The average Bonchev–Trinajstić information content (AvgIpc) is 2.16. The molecule has 1 aliphatic rings. The van der Waals surface area contributed by atoms with Gasteiger partial charge in [0.15, 0.2) is 9.84 Å². The Hall–Kier alpha value is 0.860. The highest BCUT2D eigenvalue weighted by atomic mass is 80.0. The Labute approximate surface area is 119 Å². The van der Waals surface area contributed by atoms with Gasteiger partial charge in [-0.1, -0.05) is 6.42 Å². The maximum atomic E-state index is 12.0. The van der Waals surface area contributed by atoms with E-state index in [1.54, 1.807) is 0 Å². The lowest BCUT2D eigenvalue weighted by atomic mass is 9.89. The number of halogens is 3. The van der Waals surface area contributed by atoms with Crippen molar-refractivity contribution in [2.75, 3.05) is 0 Å². The van der Waals surface area contributed by atoms with Crippen LogP contribution in [0.2, 0.25) is 0 Å². The van der Waals surface area contributed by atoms with E-state index in [4.69, 9.17) is 5.11 Å². The summed E-state index contributed by atoms with van der Waals surface area (Å²) in [6, 6.07) is 0. The van der Waals surface area contributed by atoms with E-state index in [1.165, 1.54) is 0 Å². The molecule has 2 unspecified atom stereocenters. The zero-order chi connectivity index (χ0) is 12.6. The van der Waals surface area contributed by atoms with Crippen molar-refractivity contribution in [2.24, 2.45) is 5.92 Å². The van der Waals surface area contributed by atoms with Gasteiger partial charge >= 0.3 is 5.97 Å². The SMILES string of the molecule is O=C(O)C1CCCC(S(=O)(=O)C(Br)(Br)Br)C1. The van der Waals surface area contributed by atoms with Gasteiger partial charge in [0, 0.05) is 0 Å². The van der Waals surface area contributed by atoms with E-state index in [-0.39, 0.29) is 6.42 Å². The fourth-order valence-electron chi connectivity index (χ4n) is 1.84. The molecule has 16 heavy (non-hydrogen) atoms. The minimum atomic E-state index is -3.48. The van der Waals surface area contributed by atoms with E-state index < -0.39 is 28.4 Å². The van der Waals surface area contributed by atoms with E-state index in [2.05, 4.69) is 47.8 Å². The Balaban J connectivity index is 2.87. The van der Waals surface area contributed by atoms with Crippen LogP contribution in [0.15, 0.2) is 0 Å². The molecule has 4 nitrogen and oxygen atoms in total. The second kappa shape index (κ2) is 5.24. The van der Waals surface area contributed by atoms with Gasteiger partial charge in [0.1, 0.15) is 0 Å². The fourth-order valence-corrected chi connectivity index (χ4v) is 5.56. The largest absolute Gasteiger partial charge is 0.481 e. The first-order chi connectivity index (χ1) is 7.16. The van der Waals surface area contributed by atoms with Gasteiger partial charge < -0.3 is 5.11 Å². The number of sulfone groups is 1. The first kappa shape index (κ1) is 14.9. The number of carboxylic acid groups (broad SMARTS) is 1. The second-order valence-corrected chi connectivity index (χ2v) is 14.5. The molecule has 0 aliphatic heterocycles. The molecule has 0 amide bonds.